The first-order valence-corrected chi connectivity index (χ1v) is 8.99. The zero-order chi connectivity index (χ0) is 20.2. The van der Waals surface area contributed by atoms with Crippen LogP contribution >= 0.6 is 11.6 Å². The first kappa shape index (κ1) is 20.3. The Morgan fingerprint density at radius 1 is 1.22 bits per heavy atom. The van der Waals surface area contributed by atoms with Crippen LogP contribution in [0.25, 0.3) is 0 Å². The molecule has 0 aliphatic rings. The summed E-state index contributed by atoms with van der Waals surface area (Å²) in [5, 5.41) is 24.6. The number of phenolic OH excluding ortho intramolecular Hbond substituents is 1. The maximum Gasteiger partial charge on any atom is 0.282 e. The second-order valence-corrected chi connectivity index (χ2v) is 7.05. The molecule has 144 valence electrons. The van der Waals surface area contributed by atoms with Gasteiger partial charge < -0.3 is 14.6 Å². The number of benzene rings is 2. The van der Waals surface area contributed by atoms with Gasteiger partial charge >= 0.3 is 0 Å². The normalized spacial score (nSPS) is 11.4. The van der Waals surface area contributed by atoms with E-state index in [-0.39, 0.29) is 32.7 Å². The van der Waals surface area contributed by atoms with E-state index in [1.807, 2.05) is 4.83 Å². The Kier molecular flexibility index (Phi) is 6.08. The van der Waals surface area contributed by atoms with Crippen LogP contribution < -0.4 is 14.3 Å². The number of hydrazone groups is 1. The van der Waals surface area contributed by atoms with E-state index in [4.69, 9.17) is 21.1 Å². The third-order valence-electron chi connectivity index (χ3n) is 3.32. The summed E-state index contributed by atoms with van der Waals surface area (Å²) < 4.78 is 34.5. The minimum atomic E-state index is -4.17. The number of nitrogens with one attached hydrogen (secondary N) is 1. The number of phenols is 1. The minimum Gasteiger partial charge on any atom is -0.504 e. The summed E-state index contributed by atoms with van der Waals surface area (Å²) in [5.74, 6) is -0.442. The Morgan fingerprint density at radius 2 is 1.89 bits per heavy atom. The summed E-state index contributed by atoms with van der Waals surface area (Å²) in [7, 11) is -1.64. The highest BCUT2D eigenvalue weighted by Crippen LogP contribution is 2.33. The van der Waals surface area contributed by atoms with Crippen LogP contribution in [0.1, 0.15) is 5.56 Å². The monoisotopic (exact) mass is 415 g/mol. The lowest BCUT2D eigenvalue weighted by molar-refractivity contribution is -0.385. The summed E-state index contributed by atoms with van der Waals surface area (Å²) in [6.07, 6.45) is 0.881. The molecule has 12 heteroatoms. The van der Waals surface area contributed by atoms with Crippen molar-refractivity contribution in [2.45, 2.75) is 4.90 Å². The number of rotatable bonds is 7. The Labute approximate surface area is 159 Å². The van der Waals surface area contributed by atoms with E-state index in [1.54, 1.807) is 0 Å². The highest BCUT2D eigenvalue weighted by Gasteiger charge is 2.20. The topological polar surface area (TPSA) is 140 Å². The number of nitrogens with zero attached hydrogens (tertiary/aromatic N) is 2. The molecule has 0 bridgehead atoms. The maximum absolute atomic E-state index is 12.4. The predicted molar refractivity (Wildman–Crippen MR) is 97.2 cm³/mol. The smallest absolute Gasteiger partial charge is 0.282 e. The number of sulfonamides is 1. The summed E-state index contributed by atoms with van der Waals surface area (Å²) >= 11 is 5.81. The lowest BCUT2D eigenvalue weighted by Crippen LogP contribution is -2.19. The highest BCUT2D eigenvalue weighted by atomic mass is 35.5. The molecule has 2 rings (SSSR count). The van der Waals surface area contributed by atoms with Gasteiger partial charge in [-0.2, -0.15) is 18.4 Å². The summed E-state index contributed by atoms with van der Waals surface area (Å²) in [6.45, 7) is 0. The molecule has 0 aromatic heterocycles. The summed E-state index contributed by atoms with van der Waals surface area (Å²) in [6, 6.07) is 6.00. The van der Waals surface area contributed by atoms with E-state index in [1.165, 1.54) is 32.4 Å². The van der Waals surface area contributed by atoms with Gasteiger partial charge in [-0.3, -0.25) is 10.1 Å². The number of halogens is 1. The molecule has 0 saturated carbocycles. The molecule has 0 aliphatic carbocycles. The van der Waals surface area contributed by atoms with Crippen LogP contribution in [0.5, 0.6) is 17.2 Å². The zero-order valence-electron chi connectivity index (χ0n) is 14.0. The van der Waals surface area contributed by atoms with Gasteiger partial charge in [0, 0.05) is 5.02 Å². The SMILES string of the molecule is COc1cc([N+](=O)[O-])c(/C=N/NS(=O)(=O)c2cc(Cl)ccc2OC)cc1O. The van der Waals surface area contributed by atoms with Crippen molar-refractivity contribution in [3.63, 3.8) is 0 Å². The Morgan fingerprint density at radius 3 is 2.48 bits per heavy atom. The molecule has 0 saturated heterocycles. The molecular formula is C15H14ClN3O7S. The lowest BCUT2D eigenvalue weighted by Gasteiger charge is -2.09. The molecule has 0 heterocycles. The van der Waals surface area contributed by atoms with Gasteiger partial charge in [0.1, 0.15) is 10.6 Å². The third-order valence-corrected chi connectivity index (χ3v) is 4.80. The highest BCUT2D eigenvalue weighted by molar-refractivity contribution is 7.89. The van der Waals surface area contributed by atoms with Gasteiger partial charge in [0.25, 0.3) is 15.7 Å². The molecule has 0 aliphatic heterocycles. The average molecular weight is 416 g/mol. The van der Waals surface area contributed by atoms with Gasteiger partial charge in [-0.1, -0.05) is 11.6 Å². The third kappa shape index (κ3) is 4.57. The fraction of sp³-hybridized carbons (Fsp3) is 0.133. The van der Waals surface area contributed by atoms with Crippen molar-refractivity contribution in [3.05, 3.63) is 51.0 Å². The average Bonchev–Trinajstić information content (AvgIpc) is 2.61. The van der Waals surface area contributed by atoms with E-state index in [2.05, 4.69) is 5.10 Å². The van der Waals surface area contributed by atoms with Crippen molar-refractivity contribution in [3.8, 4) is 17.2 Å². The van der Waals surface area contributed by atoms with Crippen LogP contribution in [-0.4, -0.2) is 38.9 Å². The number of nitro benzene ring substituents is 1. The van der Waals surface area contributed by atoms with Gasteiger partial charge in [0.05, 0.1) is 37.0 Å². The van der Waals surface area contributed by atoms with Crippen LogP contribution in [0.4, 0.5) is 5.69 Å². The van der Waals surface area contributed by atoms with Crippen LogP contribution in [-0.2, 0) is 10.0 Å². The number of ether oxygens (including phenoxy) is 2. The number of hydrogen-bond donors (Lipinski definition) is 2. The van der Waals surface area contributed by atoms with Crippen molar-refractivity contribution in [2.75, 3.05) is 14.2 Å². The first-order chi connectivity index (χ1) is 12.7. The van der Waals surface area contributed by atoms with Crippen molar-refractivity contribution >= 4 is 33.5 Å². The quantitative estimate of drug-likeness (QED) is 0.401. The first-order valence-electron chi connectivity index (χ1n) is 7.13. The van der Waals surface area contributed by atoms with Gasteiger partial charge in [-0.25, -0.2) is 0 Å². The standard InChI is InChI=1S/C15H14ClN3O7S/c1-25-13-4-3-10(16)6-15(13)27(23,24)18-17-8-9-5-12(20)14(26-2)7-11(9)19(21)22/h3-8,18,20H,1-2H3/b17-8+. The summed E-state index contributed by atoms with van der Waals surface area (Å²) in [4.78, 5) is 12.1. The zero-order valence-corrected chi connectivity index (χ0v) is 15.6. The Balaban J connectivity index is 2.36. The predicted octanol–water partition coefficient (Wildman–Crippen LogP) is 2.28. The van der Waals surface area contributed by atoms with Crippen molar-refractivity contribution in [1.82, 2.24) is 4.83 Å². The molecule has 2 aromatic rings. The minimum absolute atomic E-state index is 0.0372. The lowest BCUT2D eigenvalue weighted by atomic mass is 10.1. The van der Waals surface area contributed by atoms with Crippen molar-refractivity contribution in [2.24, 2.45) is 5.10 Å². The molecule has 0 unspecified atom stereocenters. The second-order valence-electron chi connectivity index (χ2n) is 4.99. The van der Waals surface area contributed by atoms with Crippen molar-refractivity contribution in [1.29, 1.82) is 0 Å². The molecule has 2 aromatic carbocycles. The van der Waals surface area contributed by atoms with E-state index in [0.29, 0.717) is 0 Å². The van der Waals surface area contributed by atoms with Crippen LogP contribution in [0, 0.1) is 10.1 Å². The fourth-order valence-corrected chi connectivity index (χ4v) is 3.30. The second kappa shape index (κ2) is 8.10. The molecule has 27 heavy (non-hydrogen) atoms. The molecule has 0 spiro atoms. The molecule has 0 fully saturated rings. The largest absolute Gasteiger partial charge is 0.504 e. The van der Waals surface area contributed by atoms with Crippen LogP contribution in [0.3, 0.4) is 0 Å². The Bertz CT molecular complexity index is 1010. The summed E-state index contributed by atoms with van der Waals surface area (Å²) in [5.41, 5.74) is -0.577. The molecule has 0 radical (unpaired) electrons. The molecular weight excluding hydrogens is 402 g/mol. The molecule has 0 amide bonds. The van der Waals surface area contributed by atoms with Gasteiger partial charge in [0.15, 0.2) is 11.5 Å². The van der Waals surface area contributed by atoms with Crippen LogP contribution in [0.15, 0.2) is 40.3 Å². The maximum atomic E-state index is 12.4. The van der Waals surface area contributed by atoms with E-state index >= 15 is 0 Å². The van der Waals surface area contributed by atoms with Gasteiger partial charge in [-0.05, 0) is 24.3 Å². The Hall–Kier alpha value is -3.05. The van der Waals surface area contributed by atoms with E-state index in [9.17, 15) is 23.6 Å². The molecule has 2 N–H and O–H groups in total. The van der Waals surface area contributed by atoms with E-state index in [0.717, 1.165) is 18.3 Å². The molecule has 0 atom stereocenters. The number of nitro groups is 1. The van der Waals surface area contributed by atoms with Gasteiger partial charge in [0.2, 0.25) is 0 Å². The van der Waals surface area contributed by atoms with Gasteiger partial charge in [-0.15, -0.1) is 0 Å². The number of aromatic hydroxyl groups is 1. The fourth-order valence-electron chi connectivity index (χ4n) is 2.07. The van der Waals surface area contributed by atoms with Crippen LogP contribution in [0.2, 0.25) is 5.02 Å². The van der Waals surface area contributed by atoms with Crippen molar-refractivity contribution < 1.29 is 27.9 Å². The number of methoxy groups -OCH3 is 2. The molecule has 10 nitrogen and oxygen atoms in total. The van der Waals surface area contributed by atoms with E-state index < -0.39 is 20.6 Å². The number of hydrogen-bond acceptors (Lipinski definition) is 8.